The fraction of sp³-hybridized carbons (Fsp3) is 0.333. The number of ether oxygens (including phenoxy) is 1. The van der Waals surface area contributed by atoms with E-state index in [1.807, 2.05) is 31.2 Å². The average molecular weight is 460 g/mol. The van der Waals surface area contributed by atoms with Crippen LogP contribution in [0.1, 0.15) is 40.3 Å². The predicted octanol–water partition coefficient (Wildman–Crippen LogP) is 3.91. The summed E-state index contributed by atoms with van der Waals surface area (Å²) >= 11 is 0. The number of nitrogens with zero attached hydrogens (tertiary/aromatic N) is 2. The number of carbonyl (C=O) groups is 2. The van der Waals surface area contributed by atoms with Gasteiger partial charge in [0.05, 0.1) is 12.2 Å². The summed E-state index contributed by atoms with van der Waals surface area (Å²) in [7, 11) is 0. The maximum Gasteiger partial charge on any atom is 0.287 e. The minimum atomic E-state index is -0.211. The second kappa shape index (κ2) is 9.73. The molecule has 5 rings (SSSR count). The zero-order chi connectivity index (χ0) is 23.5. The van der Waals surface area contributed by atoms with Crippen LogP contribution in [0.15, 0.2) is 65.1 Å². The molecule has 3 heterocycles. The molecule has 0 spiro atoms. The lowest BCUT2D eigenvalue weighted by atomic mass is 10.0. The molecule has 2 amide bonds. The minimum Gasteiger partial charge on any atom is -0.482 e. The third-order valence-electron chi connectivity index (χ3n) is 6.43. The van der Waals surface area contributed by atoms with E-state index in [9.17, 15) is 9.59 Å². The Bertz CT molecular complexity index is 1170. The van der Waals surface area contributed by atoms with Gasteiger partial charge in [0.25, 0.3) is 11.8 Å². The molecule has 34 heavy (non-hydrogen) atoms. The Labute approximate surface area is 199 Å². The summed E-state index contributed by atoms with van der Waals surface area (Å²) < 4.78 is 11.4. The van der Waals surface area contributed by atoms with Crippen LogP contribution in [-0.4, -0.2) is 42.5 Å². The van der Waals surface area contributed by atoms with Crippen LogP contribution < -0.4 is 15.0 Å². The Kier molecular flexibility index (Phi) is 6.36. The molecular weight excluding hydrogens is 430 g/mol. The second-order valence-electron chi connectivity index (χ2n) is 9.02. The van der Waals surface area contributed by atoms with Crippen molar-refractivity contribution in [3.63, 3.8) is 0 Å². The number of hydrogen-bond donors (Lipinski definition) is 1. The zero-order valence-corrected chi connectivity index (χ0v) is 19.3. The number of carbonyl (C=O) groups excluding carboxylic acids is 2. The van der Waals surface area contributed by atoms with Gasteiger partial charge in [0.1, 0.15) is 11.5 Å². The van der Waals surface area contributed by atoms with Crippen molar-refractivity contribution in [2.24, 2.45) is 0 Å². The van der Waals surface area contributed by atoms with Gasteiger partial charge in [-0.3, -0.25) is 19.4 Å². The first-order valence-electron chi connectivity index (χ1n) is 11.7. The fourth-order valence-corrected chi connectivity index (χ4v) is 4.56. The largest absolute Gasteiger partial charge is 0.482 e. The van der Waals surface area contributed by atoms with Crippen molar-refractivity contribution in [2.45, 2.75) is 38.9 Å². The van der Waals surface area contributed by atoms with Gasteiger partial charge in [-0.05, 0) is 55.2 Å². The molecule has 1 fully saturated rings. The van der Waals surface area contributed by atoms with Crippen LogP contribution in [0.4, 0.5) is 5.69 Å². The van der Waals surface area contributed by atoms with E-state index in [2.05, 4.69) is 34.5 Å². The van der Waals surface area contributed by atoms with E-state index in [1.165, 1.54) is 5.56 Å². The number of benzene rings is 2. The van der Waals surface area contributed by atoms with Gasteiger partial charge in [0.2, 0.25) is 0 Å². The summed E-state index contributed by atoms with van der Waals surface area (Å²) in [5, 5.41) is 3.11. The van der Waals surface area contributed by atoms with Crippen molar-refractivity contribution in [3.8, 4) is 5.75 Å². The Morgan fingerprint density at radius 2 is 1.82 bits per heavy atom. The van der Waals surface area contributed by atoms with Crippen molar-refractivity contribution < 1.29 is 18.7 Å². The maximum absolute atomic E-state index is 12.8. The molecule has 1 saturated heterocycles. The molecule has 1 aromatic heterocycles. The smallest absolute Gasteiger partial charge is 0.287 e. The number of fused-ring (bicyclic) bond motifs is 1. The Balaban J connectivity index is 1.16. The number of amides is 2. The molecule has 3 aromatic rings. The molecular formula is C27H29N3O4. The molecule has 0 radical (unpaired) electrons. The van der Waals surface area contributed by atoms with Gasteiger partial charge < -0.3 is 14.5 Å². The molecule has 0 atom stereocenters. The molecule has 2 aliphatic rings. The van der Waals surface area contributed by atoms with Crippen molar-refractivity contribution >= 4 is 17.5 Å². The van der Waals surface area contributed by atoms with Gasteiger partial charge in [0, 0.05) is 25.7 Å². The number of furan rings is 1. The Hall–Kier alpha value is -3.58. The Morgan fingerprint density at radius 3 is 2.62 bits per heavy atom. The molecule has 7 nitrogen and oxygen atoms in total. The fourth-order valence-electron chi connectivity index (χ4n) is 4.56. The van der Waals surface area contributed by atoms with Gasteiger partial charge in [-0.25, -0.2) is 0 Å². The van der Waals surface area contributed by atoms with Gasteiger partial charge in [-0.15, -0.1) is 0 Å². The van der Waals surface area contributed by atoms with Crippen molar-refractivity contribution in [1.29, 1.82) is 0 Å². The highest BCUT2D eigenvalue weighted by Gasteiger charge is 2.27. The van der Waals surface area contributed by atoms with Crippen LogP contribution in [-0.2, 0) is 17.9 Å². The standard InChI is InChI=1S/C27H29N3O4/c1-19-7-9-24-23(15-19)30(26(31)18-33-24)17-22-8-10-25(34-22)27(32)28-21-11-13-29(14-12-21)16-20-5-3-2-4-6-20/h2-10,15,21H,11-14,16-18H2,1H3,(H,28,32). The highest BCUT2D eigenvalue weighted by Crippen LogP contribution is 2.34. The van der Waals surface area contributed by atoms with Crippen LogP contribution in [0.2, 0.25) is 0 Å². The van der Waals surface area contributed by atoms with E-state index in [0.717, 1.165) is 43.7 Å². The minimum absolute atomic E-state index is 0.00686. The van der Waals surface area contributed by atoms with Crippen LogP contribution in [0.3, 0.4) is 0 Å². The quantitative estimate of drug-likeness (QED) is 0.605. The van der Waals surface area contributed by atoms with E-state index in [4.69, 9.17) is 9.15 Å². The molecule has 0 unspecified atom stereocenters. The third-order valence-corrected chi connectivity index (χ3v) is 6.43. The summed E-state index contributed by atoms with van der Waals surface area (Å²) in [5.41, 5.74) is 3.07. The van der Waals surface area contributed by atoms with E-state index < -0.39 is 0 Å². The maximum atomic E-state index is 12.8. The molecule has 2 aliphatic heterocycles. The summed E-state index contributed by atoms with van der Waals surface area (Å²) in [6, 6.07) is 19.8. The van der Waals surface area contributed by atoms with E-state index in [0.29, 0.717) is 11.5 Å². The van der Waals surface area contributed by atoms with E-state index in [1.54, 1.807) is 17.0 Å². The first kappa shape index (κ1) is 22.2. The number of nitrogens with one attached hydrogen (secondary N) is 1. The molecule has 176 valence electrons. The molecule has 0 bridgehead atoms. The van der Waals surface area contributed by atoms with Crippen molar-refractivity contribution in [2.75, 3.05) is 24.6 Å². The predicted molar refractivity (Wildman–Crippen MR) is 129 cm³/mol. The number of rotatable bonds is 6. The lowest BCUT2D eigenvalue weighted by Crippen LogP contribution is -2.44. The summed E-state index contributed by atoms with van der Waals surface area (Å²) in [4.78, 5) is 29.3. The molecule has 0 aliphatic carbocycles. The van der Waals surface area contributed by atoms with Crippen molar-refractivity contribution in [1.82, 2.24) is 10.2 Å². The number of piperidine rings is 1. The van der Waals surface area contributed by atoms with E-state index >= 15 is 0 Å². The average Bonchev–Trinajstić information content (AvgIpc) is 3.32. The number of anilines is 1. The number of hydrogen-bond acceptors (Lipinski definition) is 5. The lowest BCUT2D eigenvalue weighted by Gasteiger charge is -2.32. The van der Waals surface area contributed by atoms with Crippen LogP contribution >= 0.6 is 0 Å². The summed E-state index contributed by atoms with van der Waals surface area (Å²) in [5.74, 6) is 1.16. The summed E-state index contributed by atoms with van der Waals surface area (Å²) in [6.07, 6.45) is 1.81. The SMILES string of the molecule is Cc1ccc2c(c1)N(Cc1ccc(C(=O)NC3CCN(Cc4ccccc4)CC3)o1)C(=O)CO2. The van der Waals surface area contributed by atoms with Gasteiger partial charge in [-0.1, -0.05) is 36.4 Å². The lowest BCUT2D eigenvalue weighted by molar-refractivity contribution is -0.121. The second-order valence-corrected chi connectivity index (χ2v) is 9.02. The molecule has 2 aromatic carbocycles. The van der Waals surface area contributed by atoms with Gasteiger partial charge >= 0.3 is 0 Å². The van der Waals surface area contributed by atoms with Crippen LogP contribution in [0.25, 0.3) is 0 Å². The Morgan fingerprint density at radius 1 is 1.03 bits per heavy atom. The number of likely N-dealkylation sites (tertiary alicyclic amines) is 1. The molecule has 1 N–H and O–H groups in total. The topological polar surface area (TPSA) is 75.0 Å². The zero-order valence-electron chi connectivity index (χ0n) is 19.3. The monoisotopic (exact) mass is 459 g/mol. The van der Waals surface area contributed by atoms with Crippen LogP contribution in [0.5, 0.6) is 5.75 Å². The van der Waals surface area contributed by atoms with E-state index in [-0.39, 0.29) is 36.8 Å². The number of aryl methyl sites for hydroxylation is 1. The normalized spacial score (nSPS) is 16.7. The molecule has 0 saturated carbocycles. The van der Waals surface area contributed by atoms with Crippen LogP contribution in [0, 0.1) is 6.92 Å². The third kappa shape index (κ3) is 4.99. The van der Waals surface area contributed by atoms with Crippen molar-refractivity contribution in [3.05, 3.63) is 83.3 Å². The molecule has 7 heteroatoms. The first-order valence-corrected chi connectivity index (χ1v) is 11.7. The summed E-state index contributed by atoms with van der Waals surface area (Å²) in [6.45, 7) is 5.05. The first-order chi connectivity index (χ1) is 16.5. The van der Waals surface area contributed by atoms with Gasteiger partial charge in [-0.2, -0.15) is 0 Å². The highest BCUT2D eigenvalue weighted by atomic mass is 16.5. The highest BCUT2D eigenvalue weighted by molar-refractivity contribution is 5.97. The van der Waals surface area contributed by atoms with Gasteiger partial charge in [0.15, 0.2) is 12.4 Å².